The highest BCUT2D eigenvalue weighted by molar-refractivity contribution is 5.95. The van der Waals surface area contributed by atoms with Crippen molar-refractivity contribution in [2.45, 2.75) is 19.4 Å². The van der Waals surface area contributed by atoms with Gasteiger partial charge in [-0.05, 0) is 48.2 Å². The molecule has 2 aromatic heterocycles. The van der Waals surface area contributed by atoms with Crippen LogP contribution in [0.2, 0.25) is 0 Å². The molecule has 164 valence electrons. The Balaban J connectivity index is 1.81. The van der Waals surface area contributed by atoms with Gasteiger partial charge in [0, 0.05) is 24.0 Å². The van der Waals surface area contributed by atoms with Crippen LogP contribution in [0.1, 0.15) is 27.9 Å². The van der Waals surface area contributed by atoms with Gasteiger partial charge >= 0.3 is 0 Å². The minimum absolute atomic E-state index is 0.160. The average Bonchev–Trinajstić information content (AvgIpc) is 3.24. The molecule has 1 unspecified atom stereocenters. The van der Waals surface area contributed by atoms with E-state index < -0.39 is 5.60 Å². The number of hydrogen-bond donors (Lipinski definition) is 2. The Morgan fingerprint density at radius 3 is 2.36 bits per heavy atom. The van der Waals surface area contributed by atoms with Crippen molar-refractivity contribution in [2.75, 3.05) is 0 Å². The molecule has 0 saturated heterocycles. The molecule has 0 spiro atoms. The third kappa shape index (κ3) is 3.56. The summed E-state index contributed by atoms with van der Waals surface area (Å²) in [5.74, 6) is 0. The number of aromatic nitrogens is 3. The number of fused-ring (bicyclic) bond motifs is 1. The molecule has 33 heavy (non-hydrogen) atoms. The van der Waals surface area contributed by atoms with Gasteiger partial charge in [0.15, 0.2) is 5.60 Å². The van der Waals surface area contributed by atoms with Gasteiger partial charge in [-0.3, -0.25) is 4.79 Å². The van der Waals surface area contributed by atoms with E-state index in [0.29, 0.717) is 11.3 Å². The summed E-state index contributed by atoms with van der Waals surface area (Å²) < 4.78 is 1.83. The maximum absolute atomic E-state index is 12.4. The van der Waals surface area contributed by atoms with Crippen LogP contribution in [0, 0.1) is 13.8 Å². The Morgan fingerprint density at radius 2 is 1.67 bits per heavy atom. The number of aryl methyl sites for hydroxylation is 3. The predicted octanol–water partition coefficient (Wildman–Crippen LogP) is 4.83. The molecule has 0 amide bonds. The maximum atomic E-state index is 12.4. The van der Waals surface area contributed by atoms with Gasteiger partial charge in [0.1, 0.15) is 0 Å². The lowest BCUT2D eigenvalue weighted by molar-refractivity contribution is 0.117. The third-order valence-corrected chi connectivity index (χ3v) is 6.25. The average molecular weight is 436 g/mol. The SMILES string of the molecule is Cc1ccc(C(O)(c2ccc3[nH]c(=O)cc(-c4cccc(C)c4)c3c2)c2cncn2C)cc1. The zero-order chi connectivity index (χ0) is 23.2. The van der Waals surface area contributed by atoms with Crippen LogP contribution in [-0.4, -0.2) is 19.6 Å². The molecule has 0 bridgehead atoms. The molecular formula is C28H25N3O2. The molecule has 2 heterocycles. The third-order valence-electron chi connectivity index (χ3n) is 6.25. The van der Waals surface area contributed by atoms with E-state index in [-0.39, 0.29) is 5.56 Å². The summed E-state index contributed by atoms with van der Waals surface area (Å²) in [6.45, 7) is 4.05. The molecule has 0 saturated carbocycles. The number of nitrogens with zero attached hydrogens (tertiary/aromatic N) is 2. The van der Waals surface area contributed by atoms with Gasteiger partial charge in [-0.2, -0.15) is 0 Å². The first-order chi connectivity index (χ1) is 15.9. The Kier molecular flexibility index (Phi) is 4.99. The van der Waals surface area contributed by atoms with Crippen molar-refractivity contribution in [3.63, 3.8) is 0 Å². The van der Waals surface area contributed by atoms with E-state index in [1.165, 1.54) is 0 Å². The summed E-state index contributed by atoms with van der Waals surface area (Å²) in [5, 5.41) is 13.1. The van der Waals surface area contributed by atoms with Gasteiger partial charge in [0.2, 0.25) is 5.56 Å². The highest BCUT2D eigenvalue weighted by Crippen LogP contribution is 2.39. The molecule has 5 nitrogen and oxygen atoms in total. The van der Waals surface area contributed by atoms with Crippen molar-refractivity contribution in [1.29, 1.82) is 0 Å². The molecule has 0 radical (unpaired) electrons. The summed E-state index contributed by atoms with van der Waals surface area (Å²) in [7, 11) is 1.87. The van der Waals surface area contributed by atoms with Gasteiger partial charge in [0.05, 0.1) is 18.2 Å². The summed E-state index contributed by atoms with van der Waals surface area (Å²) in [6.07, 6.45) is 3.38. The quantitative estimate of drug-likeness (QED) is 0.425. The van der Waals surface area contributed by atoms with E-state index in [1.54, 1.807) is 18.6 Å². The van der Waals surface area contributed by atoms with Crippen molar-refractivity contribution < 1.29 is 5.11 Å². The maximum Gasteiger partial charge on any atom is 0.249 e. The fraction of sp³-hybridized carbons (Fsp3) is 0.143. The second kappa shape index (κ2) is 7.87. The number of benzene rings is 3. The van der Waals surface area contributed by atoms with E-state index in [9.17, 15) is 9.90 Å². The smallest absolute Gasteiger partial charge is 0.249 e. The number of rotatable bonds is 4. The first-order valence-corrected chi connectivity index (χ1v) is 10.9. The highest BCUT2D eigenvalue weighted by atomic mass is 16.3. The topological polar surface area (TPSA) is 70.9 Å². The number of pyridine rings is 1. The largest absolute Gasteiger partial charge is 0.374 e. The zero-order valence-electron chi connectivity index (χ0n) is 18.8. The second-order valence-corrected chi connectivity index (χ2v) is 8.64. The van der Waals surface area contributed by atoms with Crippen LogP contribution in [-0.2, 0) is 12.6 Å². The molecule has 5 heteroatoms. The molecule has 5 aromatic rings. The lowest BCUT2D eigenvalue weighted by atomic mass is 9.82. The van der Waals surface area contributed by atoms with Gasteiger partial charge in [-0.1, -0.05) is 65.7 Å². The van der Waals surface area contributed by atoms with E-state index >= 15 is 0 Å². The van der Waals surface area contributed by atoms with Gasteiger partial charge in [-0.25, -0.2) is 4.98 Å². The lowest BCUT2D eigenvalue weighted by Gasteiger charge is -2.30. The van der Waals surface area contributed by atoms with Gasteiger partial charge < -0.3 is 14.7 Å². The summed E-state index contributed by atoms with van der Waals surface area (Å²) in [5.41, 5.74) is 5.26. The normalized spacial score (nSPS) is 13.2. The molecular weight excluding hydrogens is 410 g/mol. The van der Waals surface area contributed by atoms with Crippen LogP contribution in [0.5, 0.6) is 0 Å². The summed E-state index contributed by atoms with van der Waals surface area (Å²) >= 11 is 0. The highest BCUT2D eigenvalue weighted by Gasteiger charge is 2.36. The second-order valence-electron chi connectivity index (χ2n) is 8.64. The standard InChI is InChI=1S/C28H25N3O2/c1-18-7-9-21(10-8-18)28(33,26-16-29-17-31(26)3)22-11-12-25-24(14-22)23(15-27(32)30-25)20-6-4-5-19(2)13-20/h4-17,33H,1-3H3,(H,30,32). The molecule has 5 rings (SSSR count). The van der Waals surface area contributed by atoms with Gasteiger partial charge in [-0.15, -0.1) is 0 Å². The fourth-order valence-electron chi connectivity index (χ4n) is 4.49. The van der Waals surface area contributed by atoms with Crippen LogP contribution in [0.25, 0.3) is 22.0 Å². The van der Waals surface area contributed by atoms with Crippen LogP contribution in [0.4, 0.5) is 0 Å². The number of H-pyrrole nitrogens is 1. The van der Waals surface area contributed by atoms with Crippen LogP contribution in [0.3, 0.4) is 0 Å². The fourth-order valence-corrected chi connectivity index (χ4v) is 4.49. The van der Waals surface area contributed by atoms with E-state index in [1.807, 2.05) is 86.1 Å². The van der Waals surface area contributed by atoms with Crippen LogP contribution in [0.15, 0.2) is 90.1 Å². The Bertz CT molecular complexity index is 1530. The number of aliphatic hydroxyl groups is 1. The molecule has 1 atom stereocenters. The minimum Gasteiger partial charge on any atom is -0.374 e. The molecule has 2 N–H and O–H groups in total. The van der Waals surface area contributed by atoms with E-state index in [0.717, 1.165) is 38.7 Å². The molecule has 0 fully saturated rings. The Hall–Kier alpha value is -3.96. The predicted molar refractivity (Wildman–Crippen MR) is 131 cm³/mol. The number of nitrogens with one attached hydrogen (secondary N) is 1. The number of hydrogen-bond acceptors (Lipinski definition) is 3. The van der Waals surface area contributed by atoms with Crippen molar-refractivity contribution in [3.8, 4) is 11.1 Å². The first kappa shape index (κ1) is 20.9. The summed E-state index contributed by atoms with van der Waals surface area (Å²) in [4.78, 5) is 19.6. The van der Waals surface area contributed by atoms with Crippen molar-refractivity contribution in [1.82, 2.24) is 14.5 Å². The van der Waals surface area contributed by atoms with Crippen molar-refractivity contribution >= 4 is 10.9 Å². The summed E-state index contributed by atoms with van der Waals surface area (Å²) in [6, 6.07) is 23.3. The lowest BCUT2D eigenvalue weighted by Crippen LogP contribution is -2.31. The Labute approximate surface area is 192 Å². The van der Waals surface area contributed by atoms with E-state index in [2.05, 4.69) is 16.0 Å². The van der Waals surface area contributed by atoms with Gasteiger partial charge in [0.25, 0.3) is 0 Å². The van der Waals surface area contributed by atoms with Crippen molar-refractivity contribution in [2.24, 2.45) is 7.05 Å². The molecule has 0 aliphatic heterocycles. The molecule has 3 aromatic carbocycles. The number of imidazole rings is 1. The van der Waals surface area contributed by atoms with E-state index in [4.69, 9.17) is 0 Å². The monoisotopic (exact) mass is 435 g/mol. The minimum atomic E-state index is -1.42. The van der Waals surface area contributed by atoms with Crippen LogP contribution >= 0.6 is 0 Å². The number of aromatic amines is 1. The Morgan fingerprint density at radius 1 is 0.909 bits per heavy atom. The molecule has 0 aliphatic carbocycles. The van der Waals surface area contributed by atoms with Crippen LogP contribution < -0.4 is 5.56 Å². The first-order valence-electron chi connectivity index (χ1n) is 10.9. The zero-order valence-corrected chi connectivity index (χ0v) is 18.8. The molecule has 0 aliphatic rings. The van der Waals surface area contributed by atoms with Crippen molar-refractivity contribution in [3.05, 3.63) is 124 Å².